The van der Waals surface area contributed by atoms with Gasteiger partial charge >= 0.3 is 5.76 Å². The Bertz CT molecular complexity index is 1680. The zero-order valence-electron chi connectivity index (χ0n) is 21.4. The van der Waals surface area contributed by atoms with Crippen LogP contribution < -0.4 is 15.2 Å². The molecule has 0 saturated heterocycles. The zero-order chi connectivity index (χ0) is 27.9. The Kier molecular flexibility index (Phi) is 7.36. The first-order chi connectivity index (χ1) is 18.6. The lowest BCUT2D eigenvalue weighted by Gasteiger charge is -2.26. The van der Waals surface area contributed by atoms with Crippen molar-refractivity contribution in [3.8, 4) is 17.0 Å². The molecule has 1 fully saturated rings. The molecular weight excluding hydrogens is 549 g/mol. The SMILES string of the molecule is COc1cc(Cl)ccc1S(=O)(=O)N[C@H](c1n[nH]c(=O)o1)[C@H](C)c1c(F)ccc(-c2ccn(C3CCC3)n2)c1C. The van der Waals surface area contributed by atoms with Crippen LogP contribution in [0.5, 0.6) is 5.75 Å². The first kappa shape index (κ1) is 27.1. The quantitative estimate of drug-likeness (QED) is 0.290. The summed E-state index contributed by atoms with van der Waals surface area (Å²) in [5.74, 6) is -2.52. The molecular formula is C26H27ClFN5O5S. The fraction of sp³-hybridized carbons (Fsp3) is 0.346. The molecule has 206 valence electrons. The van der Waals surface area contributed by atoms with E-state index >= 15 is 4.39 Å². The normalized spacial score (nSPS) is 15.6. The van der Waals surface area contributed by atoms with Crippen LogP contribution in [0.3, 0.4) is 0 Å². The summed E-state index contributed by atoms with van der Waals surface area (Å²) in [6, 6.07) is 8.02. The van der Waals surface area contributed by atoms with Crippen molar-refractivity contribution in [3.05, 3.63) is 81.0 Å². The smallest absolute Gasteiger partial charge is 0.434 e. The van der Waals surface area contributed by atoms with Gasteiger partial charge in [0.25, 0.3) is 0 Å². The fourth-order valence-electron chi connectivity index (χ4n) is 4.87. The number of aromatic nitrogens is 4. The van der Waals surface area contributed by atoms with Gasteiger partial charge in [0, 0.05) is 28.8 Å². The van der Waals surface area contributed by atoms with Crippen LogP contribution in [0, 0.1) is 12.7 Å². The predicted molar refractivity (Wildman–Crippen MR) is 142 cm³/mol. The Morgan fingerprint density at radius 1 is 1.26 bits per heavy atom. The van der Waals surface area contributed by atoms with Crippen molar-refractivity contribution in [2.75, 3.05) is 7.11 Å². The number of nitrogens with zero attached hydrogens (tertiary/aromatic N) is 3. The van der Waals surface area contributed by atoms with Gasteiger partial charge in [0.2, 0.25) is 15.9 Å². The largest absolute Gasteiger partial charge is 0.495 e. The van der Waals surface area contributed by atoms with Gasteiger partial charge in [-0.25, -0.2) is 22.7 Å². The Hall–Kier alpha value is -3.48. The summed E-state index contributed by atoms with van der Waals surface area (Å²) in [5, 5.41) is 11.0. The van der Waals surface area contributed by atoms with Gasteiger partial charge in [0.15, 0.2) is 0 Å². The number of methoxy groups -OCH3 is 1. The van der Waals surface area contributed by atoms with Gasteiger partial charge in [-0.15, -0.1) is 5.10 Å². The molecule has 0 aliphatic heterocycles. The second kappa shape index (κ2) is 10.6. The van der Waals surface area contributed by atoms with Gasteiger partial charge in [0.05, 0.1) is 18.8 Å². The molecule has 10 nitrogen and oxygen atoms in total. The molecule has 1 aliphatic carbocycles. The maximum absolute atomic E-state index is 15.4. The third-order valence-electron chi connectivity index (χ3n) is 7.17. The standard InChI is InChI=1S/C26H27ClFN5O5S/c1-14-18(20-11-12-33(31-20)17-5-4-6-17)8-9-19(28)23(14)15(2)24(25-29-30-26(34)38-25)32-39(35,36)22-10-7-16(27)13-21(22)37-3/h7-13,15,17,24,32H,4-6H2,1-3H3,(H,30,34)/t15-,24+/m1/s1. The molecule has 1 saturated carbocycles. The number of nitrogens with one attached hydrogen (secondary N) is 2. The molecule has 5 rings (SSSR count). The van der Waals surface area contributed by atoms with Crippen LogP contribution in [-0.2, 0) is 10.0 Å². The molecule has 1 aliphatic rings. The van der Waals surface area contributed by atoms with Crippen LogP contribution in [0.4, 0.5) is 4.39 Å². The summed E-state index contributed by atoms with van der Waals surface area (Å²) >= 11 is 6.00. The summed E-state index contributed by atoms with van der Waals surface area (Å²) in [6.07, 6.45) is 5.22. The molecule has 2 aromatic heterocycles. The molecule has 2 aromatic carbocycles. The highest BCUT2D eigenvalue weighted by Crippen LogP contribution is 2.39. The van der Waals surface area contributed by atoms with E-state index in [-0.39, 0.29) is 27.1 Å². The van der Waals surface area contributed by atoms with Crippen molar-refractivity contribution in [2.24, 2.45) is 0 Å². The van der Waals surface area contributed by atoms with Crippen molar-refractivity contribution < 1.29 is 22.0 Å². The van der Waals surface area contributed by atoms with E-state index in [4.69, 9.17) is 25.9 Å². The molecule has 0 unspecified atom stereocenters. The number of ether oxygens (including phenoxy) is 1. The maximum atomic E-state index is 15.4. The molecule has 0 radical (unpaired) electrons. The Morgan fingerprint density at radius 3 is 2.67 bits per heavy atom. The molecule has 39 heavy (non-hydrogen) atoms. The average Bonchev–Trinajstić information content (AvgIpc) is 3.50. The highest BCUT2D eigenvalue weighted by atomic mass is 35.5. The summed E-state index contributed by atoms with van der Waals surface area (Å²) in [7, 11) is -2.98. The Balaban J connectivity index is 1.56. The van der Waals surface area contributed by atoms with E-state index in [0.29, 0.717) is 22.9 Å². The molecule has 2 heterocycles. The van der Waals surface area contributed by atoms with Crippen LogP contribution >= 0.6 is 11.6 Å². The Labute approximate surface area is 229 Å². The third kappa shape index (κ3) is 5.23. The van der Waals surface area contributed by atoms with E-state index in [9.17, 15) is 13.2 Å². The van der Waals surface area contributed by atoms with Crippen LogP contribution in [0.25, 0.3) is 11.3 Å². The molecule has 0 spiro atoms. The highest BCUT2D eigenvalue weighted by molar-refractivity contribution is 7.89. The van der Waals surface area contributed by atoms with Crippen LogP contribution in [0.15, 0.2) is 56.7 Å². The van der Waals surface area contributed by atoms with Gasteiger partial charge in [-0.1, -0.05) is 18.5 Å². The monoisotopic (exact) mass is 575 g/mol. The second-order valence-corrected chi connectivity index (χ2v) is 11.7. The van der Waals surface area contributed by atoms with E-state index in [1.165, 1.54) is 37.8 Å². The van der Waals surface area contributed by atoms with Gasteiger partial charge in [-0.2, -0.15) is 9.82 Å². The van der Waals surface area contributed by atoms with E-state index in [2.05, 4.69) is 14.9 Å². The van der Waals surface area contributed by atoms with E-state index < -0.39 is 33.6 Å². The number of hydrogen-bond donors (Lipinski definition) is 2. The highest BCUT2D eigenvalue weighted by Gasteiger charge is 2.35. The zero-order valence-corrected chi connectivity index (χ0v) is 23.0. The minimum atomic E-state index is -4.29. The van der Waals surface area contributed by atoms with Crippen LogP contribution in [0.2, 0.25) is 5.02 Å². The first-order valence-electron chi connectivity index (χ1n) is 12.3. The van der Waals surface area contributed by atoms with Crippen molar-refractivity contribution in [1.82, 2.24) is 24.7 Å². The number of sulfonamides is 1. The van der Waals surface area contributed by atoms with Gasteiger partial charge < -0.3 is 9.15 Å². The van der Waals surface area contributed by atoms with Gasteiger partial charge in [0.1, 0.15) is 22.5 Å². The second-order valence-electron chi connectivity index (χ2n) is 9.53. The molecule has 4 aromatic rings. The van der Waals surface area contributed by atoms with Gasteiger partial charge in [-0.3, -0.25) is 4.68 Å². The maximum Gasteiger partial charge on any atom is 0.434 e. The van der Waals surface area contributed by atoms with Crippen molar-refractivity contribution in [3.63, 3.8) is 0 Å². The first-order valence-corrected chi connectivity index (χ1v) is 14.2. The number of rotatable bonds is 9. The predicted octanol–water partition coefficient (Wildman–Crippen LogP) is 4.88. The van der Waals surface area contributed by atoms with Crippen molar-refractivity contribution in [1.29, 1.82) is 0 Å². The third-order valence-corrected chi connectivity index (χ3v) is 8.88. The molecule has 2 N–H and O–H groups in total. The summed E-state index contributed by atoms with van der Waals surface area (Å²) in [5.41, 5.74) is 2.20. The summed E-state index contributed by atoms with van der Waals surface area (Å²) in [6.45, 7) is 3.38. The van der Waals surface area contributed by atoms with E-state index in [1.807, 2.05) is 16.9 Å². The Morgan fingerprint density at radius 2 is 2.03 bits per heavy atom. The minimum Gasteiger partial charge on any atom is -0.495 e. The van der Waals surface area contributed by atoms with Crippen molar-refractivity contribution in [2.45, 2.75) is 56.0 Å². The number of benzene rings is 2. The summed E-state index contributed by atoms with van der Waals surface area (Å²) in [4.78, 5) is 11.6. The topological polar surface area (TPSA) is 132 Å². The van der Waals surface area contributed by atoms with Crippen molar-refractivity contribution >= 4 is 21.6 Å². The number of hydrogen-bond acceptors (Lipinski definition) is 7. The lowest BCUT2D eigenvalue weighted by molar-refractivity contribution is 0.290. The molecule has 0 bridgehead atoms. The number of aromatic amines is 1. The molecule has 13 heteroatoms. The average molecular weight is 576 g/mol. The fourth-order valence-corrected chi connectivity index (χ4v) is 6.45. The van der Waals surface area contributed by atoms with E-state index in [0.717, 1.165) is 12.8 Å². The summed E-state index contributed by atoms with van der Waals surface area (Å²) < 4.78 is 57.3. The molecule has 0 amide bonds. The minimum absolute atomic E-state index is 0.0105. The van der Waals surface area contributed by atoms with E-state index in [1.54, 1.807) is 19.9 Å². The lowest BCUT2D eigenvalue weighted by atomic mass is 9.87. The van der Waals surface area contributed by atoms with Gasteiger partial charge in [-0.05, 0) is 67.6 Å². The number of halogens is 2. The van der Waals surface area contributed by atoms with Crippen LogP contribution in [0.1, 0.15) is 61.2 Å². The molecule has 2 atom stereocenters. The lowest BCUT2D eigenvalue weighted by Crippen LogP contribution is -2.33. The number of H-pyrrole nitrogens is 1. The van der Waals surface area contributed by atoms with Crippen LogP contribution in [-0.4, -0.2) is 35.5 Å².